The number of hydrogen-bond donors (Lipinski definition) is 0. The van der Waals surface area contributed by atoms with E-state index in [1.807, 2.05) is 0 Å². The molecule has 0 aliphatic carbocycles. The van der Waals surface area contributed by atoms with Crippen molar-refractivity contribution in [3.8, 4) is 0 Å². The molecule has 0 aliphatic heterocycles. The van der Waals surface area contributed by atoms with Crippen LogP contribution >= 0.6 is 27.5 Å². The summed E-state index contributed by atoms with van der Waals surface area (Å²) in [4.78, 5) is 0. The summed E-state index contributed by atoms with van der Waals surface area (Å²) in [5.41, 5.74) is 1.84. The second-order valence-electron chi connectivity index (χ2n) is 4.13. The molecular formula is C15H10BrClF2. The second-order valence-corrected chi connectivity index (χ2v) is 5.45. The maximum Gasteiger partial charge on any atom is 0.142 e. The first-order valence-corrected chi connectivity index (χ1v) is 6.73. The molecule has 0 aliphatic rings. The van der Waals surface area contributed by atoms with Crippen LogP contribution in [0.3, 0.4) is 0 Å². The van der Waals surface area contributed by atoms with Gasteiger partial charge in [0.2, 0.25) is 0 Å². The Morgan fingerprint density at radius 3 is 2.47 bits per heavy atom. The van der Waals surface area contributed by atoms with Gasteiger partial charge in [-0.3, -0.25) is 0 Å². The van der Waals surface area contributed by atoms with Crippen LogP contribution in [0.15, 0.2) is 40.9 Å². The largest absolute Gasteiger partial charge is 0.206 e. The molecule has 2 aromatic carbocycles. The monoisotopic (exact) mass is 342 g/mol. The predicted molar refractivity (Wildman–Crippen MR) is 79.1 cm³/mol. The molecule has 2 rings (SSSR count). The van der Waals surface area contributed by atoms with Gasteiger partial charge in [-0.1, -0.05) is 45.7 Å². The van der Waals surface area contributed by atoms with Gasteiger partial charge in [0.05, 0.1) is 5.02 Å². The fourth-order valence-electron chi connectivity index (χ4n) is 1.74. The van der Waals surface area contributed by atoms with E-state index in [0.29, 0.717) is 21.2 Å². The van der Waals surface area contributed by atoms with E-state index in [0.717, 1.165) is 0 Å². The van der Waals surface area contributed by atoms with Crippen LogP contribution in [-0.4, -0.2) is 0 Å². The third kappa shape index (κ3) is 3.43. The highest BCUT2D eigenvalue weighted by atomic mass is 79.9. The Balaban J connectivity index is 2.39. The van der Waals surface area contributed by atoms with Gasteiger partial charge in [-0.25, -0.2) is 8.78 Å². The Labute approximate surface area is 123 Å². The van der Waals surface area contributed by atoms with Crippen molar-refractivity contribution in [1.29, 1.82) is 0 Å². The number of hydrogen-bond acceptors (Lipinski definition) is 0. The Bertz CT molecular complexity index is 651. The van der Waals surface area contributed by atoms with E-state index in [2.05, 4.69) is 15.9 Å². The molecule has 0 atom stereocenters. The molecule has 2 aromatic rings. The SMILES string of the molecule is C/C(=C/c1ccc(Cl)c(F)c1)c1ccc(Br)cc1F. The quantitative estimate of drug-likeness (QED) is 0.592. The number of halogens is 4. The molecular weight excluding hydrogens is 334 g/mol. The van der Waals surface area contributed by atoms with Crippen molar-refractivity contribution in [1.82, 2.24) is 0 Å². The topological polar surface area (TPSA) is 0 Å². The molecule has 0 nitrogen and oxygen atoms in total. The van der Waals surface area contributed by atoms with Crippen molar-refractivity contribution in [2.45, 2.75) is 6.92 Å². The lowest BCUT2D eigenvalue weighted by molar-refractivity contribution is 0.623. The fraction of sp³-hybridized carbons (Fsp3) is 0.0667. The molecule has 0 aromatic heterocycles. The van der Waals surface area contributed by atoms with E-state index >= 15 is 0 Å². The van der Waals surface area contributed by atoms with E-state index in [1.54, 1.807) is 31.2 Å². The summed E-state index contributed by atoms with van der Waals surface area (Å²) in [5, 5.41) is 0.0737. The molecule has 0 saturated heterocycles. The van der Waals surface area contributed by atoms with Gasteiger partial charge >= 0.3 is 0 Å². The van der Waals surface area contributed by atoms with Crippen molar-refractivity contribution in [3.63, 3.8) is 0 Å². The third-order valence-electron chi connectivity index (χ3n) is 2.68. The molecule has 0 unspecified atom stereocenters. The van der Waals surface area contributed by atoms with Crippen LogP contribution in [0.5, 0.6) is 0 Å². The highest BCUT2D eigenvalue weighted by Gasteiger charge is 2.05. The lowest BCUT2D eigenvalue weighted by Gasteiger charge is -2.05. The zero-order chi connectivity index (χ0) is 14.0. The molecule has 0 radical (unpaired) electrons. The summed E-state index contributed by atoms with van der Waals surface area (Å²) in [5.74, 6) is -0.808. The average molecular weight is 344 g/mol. The van der Waals surface area contributed by atoms with Gasteiger partial charge in [-0.2, -0.15) is 0 Å². The first-order valence-electron chi connectivity index (χ1n) is 5.56. The second kappa shape index (κ2) is 5.85. The van der Waals surface area contributed by atoms with Gasteiger partial charge < -0.3 is 0 Å². The lowest BCUT2D eigenvalue weighted by atomic mass is 10.0. The highest BCUT2D eigenvalue weighted by Crippen LogP contribution is 2.24. The van der Waals surface area contributed by atoms with Crippen LogP contribution in [0.1, 0.15) is 18.1 Å². The Kier molecular flexibility index (Phi) is 4.38. The average Bonchev–Trinajstić information content (AvgIpc) is 2.33. The van der Waals surface area contributed by atoms with Gasteiger partial charge in [0, 0.05) is 10.0 Å². The van der Waals surface area contributed by atoms with Crippen molar-refractivity contribution >= 4 is 39.2 Å². The summed E-state index contributed by atoms with van der Waals surface area (Å²) >= 11 is 8.82. The molecule has 0 fully saturated rings. The minimum Gasteiger partial charge on any atom is -0.206 e. The summed E-state index contributed by atoms with van der Waals surface area (Å²) < 4.78 is 27.8. The molecule has 0 bridgehead atoms. The summed E-state index contributed by atoms with van der Waals surface area (Å²) in [6, 6.07) is 9.33. The van der Waals surface area contributed by atoms with Crippen LogP contribution < -0.4 is 0 Å². The summed E-state index contributed by atoms with van der Waals surface area (Å²) in [6.45, 7) is 1.78. The molecule has 0 amide bonds. The number of allylic oxidation sites excluding steroid dienone is 1. The first kappa shape index (κ1) is 14.2. The van der Waals surface area contributed by atoms with E-state index < -0.39 is 5.82 Å². The maximum atomic E-state index is 13.8. The first-order chi connectivity index (χ1) is 8.97. The van der Waals surface area contributed by atoms with Crippen LogP contribution in [-0.2, 0) is 0 Å². The molecule has 0 N–H and O–H groups in total. The van der Waals surface area contributed by atoms with Gasteiger partial charge in [0.1, 0.15) is 11.6 Å². The summed E-state index contributed by atoms with van der Waals surface area (Å²) in [6.07, 6.45) is 1.71. The van der Waals surface area contributed by atoms with Gasteiger partial charge in [0.15, 0.2) is 0 Å². The normalized spacial score (nSPS) is 11.7. The predicted octanol–water partition coefficient (Wildman–Crippen LogP) is 5.94. The zero-order valence-electron chi connectivity index (χ0n) is 10.1. The van der Waals surface area contributed by atoms with Crippen LogP contribution in [0.25, 0.3) is 11.6 Å². The van der Waals surface area contributed by atoms with Gasteiger partial charge in [-0.15, -0.1) is 0 Å². The van der Waals surface area contributed by atoms with E-state index in [1.165, 1.54) is 18.2 Å². The molecule has 98 valence electrons. The van der Waals surface area contributed by atoms with Gasteiger partial charge in [0.25, 0.3) is 0 Å². The standard InChI is InChI=1S/C15H10BrClF2/c1-9(12-4-3-11(16)8-14(12)18)6-10-2-5-13(17)15(19)7-10/h2-8H,1H3/b9-6-. The smallest absolute Gasteiger partial charge is 0.142 e. The lowest BCUT2D eigenvalue weighted by Crippen LogP contribution is -1.87. The zero-order valence-corrected chi connectivity index (χ0v) is 12.4. The van der Waals surface area contributed by atoms with Crippen LogP contribution in [0.4, 0.5) is 8.78 Å². The minimum atomic E-state index is -0.487. The van der Waals surface area contributed by atoms with Crippen molar-refractivity contribution in [2.75, 3.05) is 0 Å². The molecule has 0 saturated carbocycles. The highest BCUT2D eigenvalue weighted by molar-refractivity contribution is 9.10. The minimum absolute atomic E-state index is 0.0737. The van der Waals surface area contributed by atoms with Crippen LogP contribution in [0.2, 0.25) is 5.02 Å². The number of benzene rings is 2. The molecule has 0 spiro atoms. The van der Waals surface area contributed by atoms with Crippen molar-refractivity contribution < 1.29 is 8.78 Å². The maximum absolute atomic E-state index is 13.8. The van der Waals surface area contributed by atoms with Gasteiger partial charge in [-0.05, 0) is 42.3 Å². The summed E-state index contributed by atoms with van der Waals surface area (Å²) in [7, 11) is 0. The van der Waals surface area contributed by atoms with E-state index in [9.17, 15) is 8.78 Å². The van der Waals surface area contributed by atoms with Crippen LogP contribution in [0, 0.1) is 11.6 Å². The molecule has 0 heterocycles. The van der Waals surface area contributed by atoms with E-state index in [-0.39, 0.29) is 10.8 Å². The Morgan fingerprint density at radius 1 is 1.11 bits per heavy atom. The molecule has 4 heteroatoms. The molecule has 19 heavy (non-hydrogen) atoms. The number of rotatable bonds is 2. The van der Waals surface area contributed by atoms with E-state index in [4.69, 9.17) is 11.6 Å². The van der Waals surface area contributed by atoms with Crippen molar-refractivity contribution in [2.24, 2.45) is 0 Å². The third-order valence-corrected chi connectivity index (χ3v) is 3.48. The Morgan fingerprint density at radius 2 is 1.84 bits per heavy atom. The fourth-order valence-corrected chi connectivity index (χ4v) is 2.19. The Hall–Kier alpha value is -1.19. The van der Waals surface area contributed by atoms with Crippen molar-refractivity contribution in [3.05, 3.63) is 68.7 Å².